The first-order valence-electron chi connectivity index (χ1n) is 12.4. The molecule has 7 nitrogen and oxygen atoms in total. The molecule has 1 unspecified atom stereocenters. The maximum absolute atomic E-state index is 14.0. The van der Waals surface area contributed by atoms with Crippen molar-refractivity contribution in [3.63, 3.8) is 0 Å². The molecule has 38 heavy (non-hydrogen) atoms. The van der Waals surface area contributed by atoms with Crippen LogP contribution >= 0.6 is 15.9 Å². The third-order valence-electron chi connectivity index (χ3n) is 6.17. The average Bonchev–Trinajstić information content (AvgIpc) is 2.86. The average molecular weight is 601 g/mol. The molecule has 3 aromatic rings. The van der Waals surface area contributed by atoms with Gasteiger partial charge in [0, 0.05) is 24.0 Å². The van der Waals surface area contributed by atoms with Crippen molar-refractivity contribution >= 4 is 43.5 Å². The Morgan fingerprint density at radius 3 is 2.24 bits per heavy atom. The lowest BCUT2D eigenvalue weighted by Gasteiger charge is -2.33. The fourth-order valence-electron chi connectivity index (χ4n) is 4.25. The summed E-state index contributed by atoms with van der Waals surface area (Å²) in [6, 6.07) is 21.5. The quantitative estimate of drug-likeness (QED) is 0.349. The molecule has 202 valence electrons. The van der Waals surface area contributed by atoms with Gasteiger partial charge in [0.05, 0.1) is 11.9 Å². The normalized spacial score (nSPS) is 12.0. The lowest BCUT2D eigenvalue weighted by molar-refractivity contribution is -0.140. The van der Waals surface area contributed by atoms with Crippen LogP contribution in [0, 0.1) is 13.8 Å². The van der Waals surface area contributed by atoms with Gasteiger partial charge in [0.15, 0.2) is 0 Å². The number of amides is 2. The van der Waals surface area contributed by atoms with E-state index in [0.29, 0.717) is 18.7 Å². The molecule has 0 aliphatic rings. The van der Waals surface area contributed by atoms with Crippen LogP contribution in [0.1, 0.15) is 29.2 Å². The van der Waals surface area contributed by atoms with Crippen molar-refractivity contribution in [1.29, 1.82) is 0 Å². The summed E-state index contributed by atoms with van der Waals surface area (Å²) in [4.78, 5) is 28.8. The van der Waals surface area contributed by atoms with Gasteiger partial charge in [-0.15, -0.1) is 0 Å². The van der Waals surface area contributed by atoms with E-state index in [4.69, 9.17) is 0 Å². The molecular weight excluding hydrogens is 566 g/mol. The molecule has 0 bridgehead atoms. The summed E-state index contributed by atoms with van der Waals surface area (Å²) in [5, 5.41) is 2.86. The number of nitrogens with one attached hydrogen (secondary N) is 1. The second kappa shape index (κ2) is 13.1. The minimum absolute atomic E-state index is 0.159. The number of halogens is 1. The molecule has 0 radical (unpaired) electrons. The molecule has 1 atom stereocenters. The monoisotopic (exact) mass is 599 g/mol. The van der Waals surface area contributed by atoms with Gasteiger partial charge in [0.25, 0.3) is 0 Å². The van der Waals surface area contributed by atoms with Gasteiger partial charge < -0.3 is 10.2 Å². The van der Waals surface area contributed by atoms with Crippen LogP contribution in [0.5, 0.6) is 0 Å². The second-order valence-electron chi connectivity index (χ2n) is 9.31. The second-order valence-corrected chi connectivity index (χ2v) is 12.1. The topological polar surface area (TPSA) is 86.8 Å². The van der Waals surface area contributed by atoms with E-state index in [2.05, 4.69) is 21.2 Å². The first-order valence-corrected chi connectivity index (χ1v) is 15.0. The van der Waals surface area contributed by atoms with Crippen LogP contribution in [0.4, 0.5) is 5.69 Å². The van der Waals surface area contributed by atoms with Gasteiger partial charge >= 0.3 is 0 Å². The Balaban J connectivity index is 2.05. The molecule has 0 heterocycles. The van der Waals surface area contributed by atoms with Gasteiger partial charge in [-0.1, -0.05) is 76.1 Å². The predicted molar refractivity (Wildman–Crippen MR) is 155 cm³/mol. The molecule has 0 aromatic heterocycles. The molecule has 0 saturated carbocycles. The highest BCUT2D eigenvalue weighted by atomic mass is 79.9. The maximum Gasteiger partial charge on any atom is 0.244 e. The Morgan fingerprint density at radius 1 is 0.947 bits per heavy atom. The van der Waals surface area contributed by atoms with Crippen LogP contribution < -0.4 is 9.62 Å². The zero-order valence-corrected chi connectivity index (χ0v) is 24.6. The van der Waals surface area contributed by atoms with Gasteiger partial charge in [-0.3, -0.25) is 13.9 Å². The number of likely N-dealkylation sites (N-methyl/N-ethyl adjacent to an activating group) is 1. The summed E-state index contributed by atoms with van der Waals surface area (Å²) in [6.45, 7) is 5.77. The van der Waals surface area contributed by atoms with Crippen LogP contribution in [0.2, 0.25) is 0 Å². The van der Waals surface area contributed by atoms with Crippen molar-refractivity contribution < 1.29 is 18.0 Å². The van der Waals surface area contributed by atoms with E-state index in [1.807, 2.05) is 75.4 Å². The van der Waals surface area contributed by atoms with E-state index in [1.165, 1.54) is 4.90 Å². The Labute approximate surface area is 234 Å². The lowest BCUT2D eigenvalue weighted by atomic mass is 10.0. The van der Waals surface area contributed by atoms with Gasteiger partial charge in [-0.05, 0) is 55.7 Å². The van der Waals surface area contributed by atoms with Crippen LogP contribution in [0.3, 0.4) is 0 Å². The van der Waals surface area contributed by atoms with E-state index >= 15 is 0 Å². The smallest absolute Gasteiger partial charge is 0.244 e. The van der Waals surface area contributed by atoms with Crippen LogP contribution in [-0.2, 0) is 32.6 Å². The third kappa shape index (κ3) is 7.91. The van der Waals surface area contributed by atoms with Crippen molar-refractivity contribution in [2.45, 2.75) is 39.8 Å². The minimum atomic E-state index is -3.80. The molecule has 3 rings (SSSR count). The first-order chi connectivity index (χ1) is 18.0. The van der Waals surface area contributed by atoms with Gasteiger partial charge in [-0.2, -0.15) is 0 Å². The molecule has 3 aromatic carbocycles. The third-order valence-corrected chi connectivity index (χ3v) is 8.20. The Bertz CT molecular complexity index is 1380. The molecule has 2 amide bonds. The highest BCUT2D eigenvalue weighted by molar-refractivity contribution is 9.10. The summed E-state index contributed by atoms with van der Waals surface area (Å²) >= 11 is 3.44. The molecule has 0 spiro atoms. The van der Waals surface area contributed by atoms with Gasteiger partial charge in [-0.25, -0.2) is 8.42 Å². The van der Waals surface area contributed by atoms with Crippen molar-refractivity contribution in [1.82, 2.24) is 10.2 Å². The highest BCUT2D eigenvalue weighted by Crippen LogP contribution is 2.25. The van der Waals surface area contributed by atoms with Gasteiger partial charge in [0.1, 0.15) is 12.6 Å². The molecular formula is C29H34BrN3O4S. The minimum Gasteiger partial charge on any atom is -0.355 e. The highest BCUT2D eigenvalue weighted by Gasteiger charge is 2.33. The van der Waals surface area contributed by atoms with Crippen molar-refractivity contribution in [3.05, 3.63) is 99.5 Å². The van der Waals surface area contributed by atoms with E-state index in [1.54, 1.807) is 18.2 Å². The summed E-state index contributed by atoms with van der Waals surface area (Å²) in [5.41, 5.74) is 4.00. The maximum atomic E-state index is 14.0. The number of anilines is 1. The number of rotatable bonds is 11. The number of hydrogen-bond acceptors (Lipinski definition) is 4. The van der Waals surface area contributed by atoms with E-state index in [-0.39, 0.29) is 12.5 Å². The Morgan fingerprint density at radius 2 is 1.63 bits per heavy atom. The first kappa shape index (κ1) is 29.4. The lowest BCUT2D eigenvalue weighted by Crippen LogP contribution is -2.53. The SMILES string of the molecule is CCNC(=O)C(Cc1ccccc1)N(Cc1cccc(C)c1)C(=O)CN(c1ccc(Br)c(C)c1)S(C)(=O)=O. The zero-order chi connectivity index (χ0) is 27.9. The molecule has 1 N–H and O–H groups in total. The van der Waals surface area contributed by atoms with Gasteiger partial charge in [0.2, 0.25) is 21.8 Å². The standard InChI is InChI=1S/C29H34BrN3O4S/c1-5-31-29(35)27(18-23-11-7-6-8-12-23)32(19-24-13-9-10-21(2)16-24)28(34)20-33(38(4,36)37)25-14-15-26(30)22(3)17-25/h6-17,27H,5,18-20H2,1-4H3,(H,31,35). The summed E-state index contributed by atoms with van der Waals surface area (Å²) in [5.74, 6) is -0.757. The van der Waals surface area contributed by atoms with E-state index in [9.17, 15) is 18.0 Å². The zero-order valence-electron chi connectivity index (χ0n) is 22.1. The van der Waals surface area contributed by atoms with E-state index < -0.39 is 28.5 Å². The number of aryl methyl sites for hydroxylation is 2. The van der Waals surface area contributed by atoms with Crippen molar-refractivity contribution in [3.8, 4) is 0 Å². The number of benzene rings is 3. The molecule has 9 heteroatoms. The molecule has 0 saturated heterocycles. The van der Waals surface area contributed by atoms with Crippen molar-refractivity contribution in [2.24, 2.45) is 0 Å². The fourth-order valence-corrected chi connectivity index (χ4v) is 5.34. The number of sulfonamides is 1. The summed E-state index contributed by atoms with van der Waals surface area (Å²) < 4.78 is 27.6. The molecule has 0 aliphatic carbocycles. The fraction of sp³-hybridized carbons (Fsp3) is 0.310. The molecule has 0 fully saturated rings. The number of carbonyl (C=O) groups is 2. The van der Waals surface area contributed by atoms with Crippen LogP contribution in [-0.4, -0.2) is 50.5 Å². The van der Waals surface area contributed by atoms with E-state index in [0.717, 1.165) is 37.3 Å². The Hall–Kier alpha value is -3.17. The Kier molecular flexibility index (Phi) is 10.1. The summed E-state index contributed by atoms with van der Waals surface area (Å²) in [6.07, 6.45) is 1.37. The largest absolute Gasteiger partial charge is 0.355 e. The van der Waals surface area contributed by atoms with Crippen LogP contribution in [0.15, 0.2) is 77.3 Å². The molecule has 0 aliphatic heterocycles. The predicted octanol–water partition coefficient (Wildman–Crippen LogP) is 4.61. The van der Waals surface area contributed by atoms with Crippen LogP contribution in [0.25, 0.3) is 0 Å². The number of nitrogens with zero attached hydrogens (tertiary/aromatic N) is 2. The number of hydrogen-bond donors (Lipinski definition) is 1. The summed E-state index contributed by atoms with van der Waals surface area (Å²) in [7, 11) is -3.80. The van der Waals surface area contributed by atoms with Crippen molar-refractivity contribution in [2.75, 3.05) is 23.7 Å². The number of carbonyl (C=O) groups excluding carboxylic acids is 2.